The van der Waals surface area contributed by atoms with Gasteiger partial charge < -0.3 is 10.1 Å². The van der Waals surface area contributed by atoms with Gasteiger partial charge in [-0.05, 0) is 38.4 Å². The zero-order valence-electron chi connectivity index (χ0n) is 10.6. The first-order valence-electron chi connectivity index (χ1n) is 6.32. The summed E-state index contributed by atoms with van der Waals surface area (Å²) in [5.74, 6) is 0. The van der Waals surface area contributed by atoms with Gasteiger partial charge in [0.05, 0.1) is 0 Å². The van der Waals surface area contributed by atoms with E-state index in [2.05, 4.69) is 36.5 Å². The summed E-state index contributed by atoms with van der Waals surface area (Å²) in [6.07, 6.45) is 2.35. The van der Waals surface area contributed by atoms with Gasteiger partial charge in [0, 0.05) is 29.4 Å². The van der Waals surface area contributed by atoms with Crippen LogP contribution in [0.4, 0.5) is 0 Å². The molecule has 2 rings (SSSR count). The fourth-order valence-corrected chi connectivity index (χ4v) is 3.40. The minimum atomic E-state index is 0.415. The molecule has 1 aromatic carbocycles. The summed E-state index contributed by atoms with van der Waals surface area (Å²) in [7, 11) is 2.01. The van der Waals surface area contributed by atoms with Crippen LogP contribution in [0.25, 0.3) is 0 Å². The summed E-state index contributed by atoms with van der Waals surface area (Å²) in [4.78, 5) is 1.42. The number of nitrogens with one attached hydrogen (secondary N) is 1. The van der Waals surface area contributed by atoms with Crippen LogP contribution in [0.3, 0.4) is 0 Å². The molecule has 0 saturated carbocycles. The smallest absolute Gasteiger partial charge is 0.0476 e. The minimum Gasteiger partial charge on any atom is -0.381 e. The third-order valence-electron chi connectivity index (χ3n) is 3.28. The van der Waals surface area contributed by atoms with Crippen molar-refractivity contribution in [1.29, 1.82) is 0 Å². The zero-order valence-corrected chi connectivity index (χ0v) is 11.4. The van der Waals surface area contributed by atoms with Crippen molar-refractivity contribution < 1.29 is 4.74 Å². The monoisotopic (exact) mass is 251 g/mol. The normalized spacial score (nSPS) is 19.2. The van der Waals surface area contributed by atoms with E-state index in [0.29, 0.717) is 11.3 Å². The van der Waals surface area contributed by atoms with Crippen molar-refractivity contribution >= 4 is 11.8 Å². The summed E-state index contributed by atoms with van der Waals surface area (Å²) in [6, 6.07) is 9.13. The molecule has 17 heavy (non-hydrogen) atoms. The summed E-state index contributed by atoms with van der Waals surface area (Å²) in [6.45, 7) is 4.05. The largest absolute Gasteiger partial charge is 0.381 e. The van der Waals surface area contributed by atoms with Crippen molar-refractivity contribution in [1.82, 2.24) is 5.32 Å². The fraction of sp³-hybridized carbons (Fsp3) is 0.571. The van der Waals surface area contributed by atoms with Crippen molar-refractivity contribution in [3.05, 3.63) is 29.8 Å². The van der Waals surface area contributed by atoms with Gasteiger partial charge in [-0.25, -0.2) is 0 Å². The lowest BCUT2D eigenvalue weighted by atomic mass is 10.1. The van der Waals surface area contributed by atoms with Crippen LogP contribution in [-0.2, 0) is 4.74 Å². The van der Waals surface area contributed by atoms with Crippen LogP contribution in [0, 0.1) is 0 Å². The van der Waals surface area contributed by atoms with Gasteiger partial charge in [-0.15, -0.1) is 11.8 Å². The maximum absolute atomic E-state index is 5.41. The lowest BCUT2D eigenvalue weighted by molar-refractivity contribution is 0.1000. The highest BCUT2D eigenvalue weighted by Gasteiger charge is 2.17. The molecule has 0 aromatic heterocycles. The van der Waals surface area contributed by atoms with Gasteiger partial charge in [0.15, 0.2) is 0 Å². The molecule has 1 unspecified atom stereocenters. The standard InChI is InChI=1S/C14H21NOS/c1-11(15-2)13-5-3-4-6-14(13)17-12-7-9-16-10-8-12/h3-6,11-12,15H,7-10H2,1-2H3. The van der Waals surface area contributed by atoms with E-state index in [1.54, 1.807) is 0 Å². The van der Waals surface area contributed by atoms with E-state index in [0.717, 1.165) is 13.2 Å². The molecule has 1 saturated heterocycles. The van der Waals surface area contributed by atoms with E-state index >= 15 is 0 Å². The second-order valence-electron chi connectivity index (χ2n) is 4.48. The van der Waals surface area contributed by atoms with E-state index in [9.17, 15) is 0 Å². The molecule has 0 aliphatic carbocycles. The van der Waals surface area contributed by atoms with Crippen molar-refractivity contribution in [3.8, 4) is 0 Å². The van der Waals surface area contributed by atoms with Gasteiger partial charge in [-0.1, -0.05) is 18.2 Å². The van der Waals surface area contributed by atoms with Crippen LogP contribution in [0.15, 0.2) is 29.2 Å². The predicted molar refractivity (Wildman–Crippen MR) is 73.6 cm³/mol. The molecule has 0 radical (unpaired) electrons. The Morgan fingerprint density at radius 3 is 2.71 bits per heavy atom. The highest BCUT2D eigenvalue weighted by molar-refractivity contribution is 8.00. The number of rotatable bonds is 4. The Morgan fingerprint density at radius 1 is 1.29 bits per heavy atom. The van der Waals surface area contributed by atoms with Gasteiger partial charge in [-0.2, -0.15) is 0 Å². The quantitative estimate of drug-likeness (QED) is 0.887. The molecule has 94 valence electrons. The van der Waals surface area contributed by atoms with Crippen LogP contribution in [0.5, 0.6) is 0 Å². The number of hydrogen-bond donors (Lipinski definition) is 1. The van der Waals surface area contributed by atoms with Gasteiger partial charge >= 0.3 is 0 Å². The predicted octanol–water partition coefficient (Wildman–Crippen LogP) is 3.24. The lowest BCUT2D eigenvalue weighted by Gasteiger charge is -2.23. The first-order valence-corrected chi connectivity index (χ1v) is 7.20. The SMILES string of the molecule is CNC(C)c1ccccc1SC1CCOCC1. The number of thioether (sulfide) groups is 1. The lowest BCUT2D eigenvalue weighted by Crippen LogP contribution is -2.18. The fourth-order valence-electron chi connectivity index (χ4n) is 2.07. The molecule has 1 aliphatic rings. The number of benzene rings is 1. The zero-order chi connectivity index (χ0) is 12.1. The van der Waals surface area contributed by atoms with Crippen molar-refractivity contribution in [2.45, 2.75) is 36.0 Å². The Bertz CT molecular complexity index is 350. The maximum atomic E-state index is 5.41. The number of hydrogen-bond acceptors (Lipinski definition) is 3. The molecular weight excluding hydrogens is 230 g/mol. The minimum absolute atomic E-state index is 0.415. The van der Waals surface area contributed by atoms with Crippen LogP contribution < -0.4 is 5.32 Å². The van der Waals surface area contributed by atoms with Crippen LogP contribution >= 0.6 is 11.8 Å². The Labute approximate surface area is 108 Å². The van der Waals surface area contributed by atoms with E-state index in [4.69, 9.17) is 4.74 Å². The average molecular weight is 251 g/mol. The highest BCUT2D eigenvalue weighted by Crippen LogP contribution is 2.34. The molecular formula is C14H21NOS. The third-order valence-corrected chi connectivity index (χ3v) is 4.71. The summed E-state index contributed by atoms with van der Waals surface area (Å²) >= 11 is 2.01. The molecule has 1 aromatic rings. The molecule has 3 heteroatoms. The van der Waals surface area contributed by atoms with Crippen molar-refractivity contribution in [3.63, 3.8) is 0 Å². The van der Waals surface area contributed by atoms with Gasteiger partial charge in [0.2, 0.25) is 0 Å². The first kappa shape index (κ1) is 12.9. The molecule has 0 amide bonds. The van der Waals surface area contributed by atoms with Crippen LogP contribution in [0.1, 0.15) is 31.4 Å². The molecule has 1 aliphatic heterocycles. The Hall–Kier alpha value is -0.510. The van der Waals surface area contributed by atoms with Crippen molar-refractivity contribution in [2.75, 3.05) is 20.3 Å². The Kier molecular flexibility index (Phi) is 4.89. The topological polar surface area (TPSA) is 21.3 Å². The third kappa shape index (κ3) is 3.47. The molecule has 1 N–H and O–H groups in total. The summed E-state index contributed by atoms with van der Waals surface area (Å²) in [5, 5.41) is 4.04. The second kappa shape index (κ2) is 6.43. The van der Waals surface area contributed by atoms with Crippen LogP contribution in [0.2, 0.25) is 0 Å². The molecule has 0 spiro atoms. The molecule has 1 atom stereocenters. The summed E-state index contributed by atoms with van der Waals surface area (Å²) in [5.41, 5.74) is 1.41. The molecule has 2 nitrogen and oxygen atoms in total. The first-order chi connectivity index (χ1) is 8.31. The van der Waals surface area contributed by atoms with E-state index < -0.39 is 0 Å². The molecule has 1 fully saturated rings. The second-order valence-corrected chi connectivity index (χ2v) is 5.82. The Morgan fingerprint density at radius 2 is 2.00 bits per heavy atom. The van der Waals surface area contributed by atoms with E-state index in [-0.39, 0.29) is 0 Å². The van der Waals surface area contributed by atoms with Crippen LogP contribution in [-0.4, -0.2) is 25.5 Å². The van der Waals surface area contributed by atoms with Gasteiger partial charge in [-0.3, -0.25) is 0 Å². The van der Waals surface area contributed by atoms with Gasteiger partial charge in [0.1, 0.15) is 0 Å². The number of ether oxygens (including phenoxy) is 1. The van der Waals surface area contributed by atoms with E-state index in [1.165, 1.54) is 23.3 Å². The molecule has 1 heterocycles. The van der Waals surface area contributed by atoms with Gasteiger partial charge in [0.25, 0.3) is 0 Å². The summed E-state index contributed by atoms with van der Waals surface area (Å²) < 4.78 is 5.41. The Balaban J connectivity index is 2.08. The molecule has 0 bridgehead atoms. The average Bonchev–Trinajstić information content (AvgIpc) is 2.40. The highest BCUT2D eigenvalue weighted by atomic mass is 32.2. The maximum Gasteiger partial charge on any atom is 0.0476 e. The van der Waals surface area contributed by atoms with Crippen molar-refractivity contribution in [2.24, 2.45) is 0 Å². The van der Waals surface area contributed by atoms with E-state index in [1.807, 2.05) is 18.8 Å².